The first kappa shape index (κ1) is 16.1. The lowest BCUT2D eigenvalue weighted by Crippen LogP contribution is -2.26. The Kier molecular flexibility index (Phi) is 5.62. The van der Waals surface area contributed by atoms with Crippen molar-refractivity contribution < 1.29 is 19.4 Å². The second kappa shape index (κ2) is 7.67. The molecule has 2 aromatic rings. The number of nitrogens with one attached hydrogen (secondary N) is 1. The Balaban J connectivity index is 1.91. The van der Waals surface area contributed by atoms with Crippen LogP contribution < -0.4 is 5.32 Å². The van der Waals surface area contributed by atoms with Crippen LogP contribution in [0.1, 0.15) is 31.4 Å². The fraction of sp³-hybridized carbons (Fsp3) is 0.267. The number of carboxylic acids is 1. The lowest BCUT2D eigenvalue weighted by molar-refractivity contribution is 0.0690. The minimum absolute atomic E-state index is 0.0387. The highest BCUT2D eigenvalue weighted by Crippen LogP contribution is 2.11. The molecule has 0 saturated heterocycles. The molecule has 1 heterocycles. The summed E-state index contributed by atoms with van der Waals surface area (Å²) in [6.07, 6.45) is 0.496. The van der Waals surface area contributed by atoms with Crippen molar-refractivity contribution in [3.8, 4) is 0 Å². The summed E-state index contributed by atoms with van der Waals surface area (Å²) in [5, 5.41) is 13.8. The highest BCUT2D eigenvalue weighted by molar-refractivity contribution is 7.09. The Bertz CT molecular complexity index is 669. The molecule has 7 heteroatoms. The van der Waals surface area contributed by atoms with E-state index in [0.29, 0.717) is 30.1 Å². The number of aromatic nitrogens is 1. The van der Waals surface area contributed by atoms with E-state index in [0.717, 1.165) is 5.56 Å². The highest BCUT2D eigenvalue weighted by atomic mass is 32.1. The number of hydrogen-bond donors (Lipinski definition) is 2. The SMILES string of the molecule is COCc1ccccc1C(=O)NCCc1nc(C(=O)O)cs1. The van der Waals surface area contributed by atoms with Crippen molar-refractivity contribution in [2.45, 2.75) is 13.0 Å². The summed E-state index contributed by atoms with van der Waals surface area (Å²) in [6, 6.07) is 7.25. The summed E-state index contributed by atoms with van der Waals surface area (Å²) < 4.78 is 5.07. The Morgan fingerprint density at radius 2 is 2.14 bits per heavy atom. The molecule has 0 spiro atoms. The van der Waals surface area contributed by atoms with E-state index in [9.17, 15) is 9.59 Å². The van der Waals surface area contributed by atoms with Crippen LogP contribution in [0.25, 0.3) is 0 Å². The topological polar surface area (TPSA) is 88.5 Å². The largest absolute Gasteiger partial charge is 0.476 e. The lowest BCUT2D eigenvalue weighted by Gasteiger charge is -2.09. The van der Waals surface area contributed by atoms with Gasteiger partial charge in [-0.25, -0.2) is 9.78 Å². The number of hydrogen-bond acceptors (Lipinski definition) is 5. The number of carbonyl (C=O) groups is 2. The molecule has 0 aliphatic heterocycles. The number of benzene rings is 1. The van der Waals surface area contributed by atoms with Gasteiger partial charge in [-0.2, -0.15) is 0 Å². The number of rotatable bonds is 7. The fourth-order valence-corrected chi connectivity index (χ4v) is 2.70. The number of aromatic carboxylic acids is 1. The van der Waals surface area contributed by atoms with E-state index in [2.05, 4.69) is 10.3 Å². The van der Waals surface area contributed by atoms with Gasteiger partial charge in [-0.3, -0.25) is 4.79 Å². The number of thiazole rings is 1. The number of carboxylic acid groups (broad SMARTS) is 1. The molecule has 1 amide bonds. The van der Waals surface area contributed by atoms with Gasteiger partial charge in [0.2, 0.25) is 0 Å². The van der Waals surface area contributed by atoms with Crippen LogP contribution in [0.2, 0.25) is 0 Å². The summed E-state index contributed by atoms with van der Waals surface area (Å²) in [7, 11) is 1.58. The molecule has 0 fully saturated rings. The van der Waals surface area contributed by atoms with Crippen LogP contribution in [0.3, 0.4) is 0 Å². The smallest absolute Gasteiger partial charge is 0.355 e. The average Bonchev–Trinajstić information content (AvgIpc) is 2.97. The molecule has 1 aromatic heterocycles. The zero-order valence-electron chi connectivity index (χ0n) is 12.0. The average molecular weight is 320 g/mol. The quantitative estimate of drug-likeness (QED) is 0.814. The standard InChI is InChI=1S/C15H16N2O4S/c1-21-8-10-4-2-3-5-11(10)14(18)16-7-6-13-17-12(9-22-13)15(19)20/h2-5,9H,6-8H2,1H3,(H,16,18)(H,19,20). The molecule has 0 aliphatic rings. The van der Waals surface area contributed by atoms with Gasteiger partial charge >= 0.3 is 5.97 Å². The van der Waals surface area contributed by atoms with Gasteiger partial charge in [0.25, 0.3) is 5.91 Å². The van der Waals surface area contributed by atoms with Crippen molar-refractivity contribution in [1.29, 1.82) is 0 Å². The zero-order chi connectivity index (χ0) is 15.9. The molecular formula is C15H16N2O4S. The van der Waals surface area contributed by atoms with E-state index >= 15 is 0 Å². The van der Waals surface area contributed by atoms with Crippen molar-refractivity contribution >= 4 is 23.2 Å². The maximum atomic E-state index is 12.2. The molecule has 0 unspecified atom stereocenters. The second-order valence-corrected chi connectivity index (χ2v) is 5.47. The monoisotopic (exact) mass is 320 g/mol. The fourth-order valence-electron chi connectivity index (χ4n) is 1.93. The van der Waals surface area contributed by atoms with Crippen LogP contribution in [0.4, 0.5) is 0 Å². The van der Waals surface area contributed by atoms with Crippen LogP contribution in [0.15, 0.2) is 29.6 Å². The molecule has 1 aromatic carbocycles. The van der Waals surface area contributed by atoms with Gasteiger partial charge in [0.15, 0.2) is 5.69 Å². The molecule has 0 atom stereocenters. The van der Waals surface area contributed by atoms with Gasteiger partial charge in [-0.15, -0.1) is 11.3 Å². The van der Waals surface area contributed by atoms with E-state index in [1.165, 1.54) is 16.7 Å². The van der Waals surface area contributed by atoms with Gasteiger partial charge in [-0.1, -0.05) is 18.2 Å². The molecule has 6 nitrogen and oxygen atoms in total. The first-order valence-electron chi connectivity index (χ1n) is 6.64. The molecule has 116 valence electrons. The lowest BCUT2D eigenvalue weighted by atomic mass is 10.1. The molecule has 22 heavy (non-hydrogen) atoms. The first-order valence-corrected chi connectivity index (χ1v) is 7.52. The van der Waals surface area contributed by atoms with E-state index < -0.39 is 5.97 Å². The molecule has 0 saturated carbocycles. The highest BCUT2D eigenvalue weighted by Gasteiger charge is 2.11. The summed E-state index contributed by atoms with van der Waals surface area (Å²) in [5.74, 6) is -1.22. The van der Waals surface area contributed by atoms with E-state index in [1.54, 1.807) is 19.2 Å². The van der Waals surface area contributed by atoms with Crippen LogP contribution in [-0.4, -0.2) is 35.6 Å². The van der Waals surface area contributed by atoms with Crippen molar-refractivity contribution in [2.24, 2.45) is 0 Å². The molecule has 0 bridgehead atoms. The second-order valence-electron chi connectivity index (χ2n) is 4.53. The van der Waals surface area contributed by atoms with E-state index in [1.807, 2.05) is 12.1 Å². The number of methoxy groups -OCH3 is 1. The van der Waals surface area contributed by atoms with Crippen molar-refractivity contribution in [1.82, 2.24) is 10.3 Å². The van der Waals surface area contributed by atoms with Gasteiger partial charge in [-0.05, 0) is 11.6 Å². The summed E-state index contributed by atoms with van der Waals surface area (Å²) in [5.41, 5.74) is 1.44. The summed E-state index contributed by atoms with van der Waals surface area (Å²) in [4.78, 5) is 26.9. The summed E-state index contributed by atoms with van der Waals surface area (Å²) >= 11 is 1.27. The minimum atomic E-state index is -1.04. The third kappa shape index (κ3) is 4.12. The molecule has 0 radical (unpaired) electrons. The Morgan fingerprint density at radius 3 is 2.82 bits per heavy atom. The van der Waals surface area contributed by atoms with Crippen molar-refractivity contribution in [2.75, 3.05) is 13.7 Å². The number of ether oxygens (including phenoxy) is 1. The minimum Gasteiger partial charge on any atom is -0.476 e. The van der Waals surface area contributed by atoms with Gasteiger partial charge in [0, 0.05) is 31.0 Å². The Morgan fingerprint density at radius 1 is 1.36 bits per heavy atom. The maximum absolute atomic E-state index is 12.2. The molecule has 0 aliphatic carbocycles. The van der Waals surface area contributed by atoms with Gasteiger partial charge < -0.3 is 15.2 Å². The number of amides is 1. The first-order chi connectivity index (χ1) is 10.6. The van der Waals surface area contributed by atoms with Crippen LogP contribution in [0.5, 0.6) is 0 Å². The third-order valence-electron chi connectivity index (χ3n) is 2.96. The Hall–Kier alpha value is -2.25. The molecule has 2 N–H and O–H groups in total. The molecular weight excluding hydrogens is 304 g/mol. The van der Waals surface area contributed by atoms with E-state index in [4.69, 9.17) is 9.84 Å². The van der Waals surface area contributed by atoms with Crippen molar-refractivity contribution in [3.63, 3.8) is 0 Å². The van der Waals surface area contributed by atoms with Crippen LogP contribution in [-0.2, 0) is 17.8 Å². The predicted octanol–water partition coefficient (Wildman–Crippen LogP) is 1.96. The van der Waals surface area contributed by atoms with Crippen LogP contribution >= 0.6 is 11.3 Å². The van der Waals surface area contributed by atoms with Crippen molar-refractivity contribution in [3.05, 3.63) is 51.5 Å². The van der Waals surface area contributed by atoms with Gasteiger partial charge in [0.1, 0.15) is 0 Å². The third-order valence-corrected chi connectivity index (χ3v) is 3.87. The van der Waals surface area contributed by atoms with Gasteiger partial charge in [0.05, 0.1) is 11.6 Å². The number of carbonyl (C=O) groups excluding carboxylic acids is 1. The normalized spacial score (nSPS) is 10.4. The Labute approximate surface area is 131 Å². The number of nitrogens with zero attached hydrogens (tertiary/aromatic N) is 1. The molecule has 2 rings (SSSR count). The van der Waals surface area contributed by atoms with Crippen LogP contribution in [0, 0.1) is 0 Å². The predicted molar refractivity (Wildman–Crippen MR) is 82.3 cm³/mol. The van der Waals surface area contributed by atoms with E-state index in [-0.39, 0.29) is 11.6 Å². The maximum Gasteiger partial charge on any atom is 0.355 e. The zero-order valence-corrected chi connectivity index (χ0v) is 12.9. The summed E-state index contributed by atoms with van der Waals surface area (Å²) in [6.45, 7) is 0.769.